The maximum Gasteiger partial charge on any atom is 0.293 e. The molecule has 2 atom stereocenters. The van der Waals surface area contributed by atoms with Crippen molar-refractivity contribution in [3.05, 3.63) is 46.0 Å². The number of hydrogen-bond acceptors (Lipinski definition) is 4. The molecule has 0 bridgehead atoms. The van der Waals surface area contributed by atoms with Gasteiger partial charge in [-0.05, 0) is 36.8 Å². The molecular formula is C16H19N3O3. The number of amides is 1. The number of nitro groups is 1. The number of nitro benzene ring substituents is 1. The number of carbonyl (C=O) groups excluding carboxylic acids is 1. The summed E-state index contributed by atoms with van der Waals surface area (Å²) < 4.78 is 0. The molecule has 0 aromatic heterocycles. The number of nitrogens with one attached hydrogen (secondary N) is 1. The van der Waals surface area contributed by atoms with E-state index in [0.29, 0.717) is 23.1 Å². The molecule has 1 amide bonds. The first kappa shape index (κ1) is 14.6. The first-order valence-electron chi connectivity index (χ1n) is 7.50. The quantitative estimate of drug-likeness (QED) is 0.528. The minimum absolute atomic E-state index is 0.00714. The van der Waals surface area contributed by atoms with Gasteiger partial charge in [-0.2, -0.15) is 0 Å². The van der Waals surface area contributed by atoms with Gasteiger partial charge < -0.3 is 10.2 Å². The number of benzene rings is 1. The molecular weight excluding hydrogens is 282 g/mol. The lowest BCUT2D eigenvalue weighted by molar-refractivity contribution is -0.384. The molecule has 0 spiro atoms. The molecule has 1 heterocycles. The summed E-state index contributed by atoms with van der Waals surface area (Å²) in [6.45, 7) is 1.68. The Kier molecular flexibility index (Phi) is 3.83. The summed E-state index contributed by atoms with van der Waals surface area (Å²) in [6.07, 6.45) is 6.50. The fourth-order valence-electron chi connectivity index (χ4n) is 3.43. The highest BCUT2D eigenvalue weighted by molar-refractivity contribution is 5.95. The van der Waals surface area contributed by atoms with Gasteiger partial charge in [0.05, 0.1) is 4.92 Å². The first-order chi connectivity index (χ1) is 10.6. The van der Waals surface area contributed by atoms with E-state index in [2.05, 4.69) is 22.4 Å². The average molecular weight is 301 g/mol. The van der Waals surface area contributed by atoms with Crippen LogP contribution in [0.5, 0.6) is 0 Å². The maximum absolute atomic E-state index is 11.7. The molecule has 1 aromatic rings. The highest BCUT2D eigenvalue weighted by atomic mass is 16.6. The molecule has 22 heavy (non-hydrogen) atoms. The maximum atomic E-state index is 11.7. The zero-order valence-corrected chi connectivity index (χ0v) is 12.5. The molecule has 0 radical (unpaired) electrons. The third kappa shape index (κ3) is 2.56. The predicted molar refractivity (Wildman–Crippen MR) is 84.1 cm³/mol. The van der Waals surface area contributed by atoms with Gasteiger partial charge in [0.2, 0.25) is 0 Å². The van der Waals surface area contributed by atoms with E-state index in [-0.39, 0.29) is 11.6 Å². The SMILES string of the molecule is CNC(=O)c1ccc(N2CC3CC=CCC3C2)c([N+](=O)[O-])c1. The second kappa shape index (κ2) is 5.79. The van der Waals surface area contributed by atoms with E-state index in [9.17, 15) is 14.9 Å². The molecule has 1 N–H and O–H groups in total. The van der Waals surface area contributed by atoms with Crippen LogP contribution in [-0.2, 0) is 0 Å². The monoisotopic (exact) mass is 301 g/mol. The molecule has 2 aliphatic rings. The van der Waals surface area contributed by atoms with Gasteiger partial charge in [-0.3, -0.25) is 14.9 Å². The van der Waals surface area contributed by atoms with Crippen molar-refractivity contribution in [3.8, 4) is 0 Å². The summed E-state index contributed by atoms with van der Waals surface area (Å²) in [6, 6.07) is 4.73. The van der Waals surface area contributed by atoms with Gasteiger partial charge in [0, 0.05) is 31.8 Å². The Balaban J connectivity index is 1.90. The number of carbonyl (C=O) groups is 1. The van der Waals surface area contributed by atoms with Crippen LogP contribution in [0, 0.1) is 22.0 Å². The van der Waals surface area contributed by atoms with E-state index in [0.717, 1.165) is 25.9 Å². The lowest BCUT2D eigenvalue weighted by Crippen LogP contribution is -2.22. The van der Waals surface area contributed by atoms with Gasteiger partial charge in [0.15, 0.2) is 0 Å². The van der Waals surface area contributed by atoms with Gasteiger partial charge in [-0.1, -0.05) is 12.2 Å². The molecule has 1 fully saturated rings. The number of fused-ring (bicyclic) bond motifs is 1. The summed E-state index contributed by atoms with van der Waals surface area (Å²) in [5, 5.41) is 13.9. The summed E-state index contributed by atoms with van der Waals surface area (Å²) in [5.41, 5.74) is 0.941. The van der Waals surface area contributed by atoms with Gasteiger partial charge in [0.1, 0.15) is 5.69 Å². The highest BCUT2D eigenvalue weighted by Gasteiger charge is 2.35. The molecule has 1 aliphatic heterocycles. The topological polar surface area (TPSA) is 75.5 Å². The van der Waals surface area contributed by atoms with Gasteiger partial charge in [-0.25, -0.2) is 0 Å². The van der Waals surface area contributed by atoms with Crippen LogP contribution in [0.15, 0.2) is 30.4 Å². The Morgan fingerprint density at radius 3 is 2.45 bits per heavy atom. The van der Waals surface area contributed by atoms with Gasteiger partial charge in [0.25, 0.3) is 11.6 Å². The number of anilines is 1. The van der Waals surface area contributed by atoms with Crippen LogP contribution in [0.4, 0.5) is 11.4 Å². The molecule has 116 valence electrons. The second-order valence-corrected chi connectivity index (χ2v) is 5.91. The van der Waals surface area contributed by atoms with E-state index in [1.807, 2.05) is 0 Å². The van der Waals surface area contributed by atoms with Gasteiger partial charge >= 0.3 is 0 Å². The van der Waals surface area contributed by atoms with Crippen molar-refractivity contribution in [2.75, 3.05) is 25.0 Å². The van der Waals surface area contributed by atoms with Crippen molar-refractivity contribution >= 4 is 17.3 Å². The van der Waals surface area contributed by atoms with Crippen molar-refractivity contribution in [2.24, 2.45) is 11.8 Å². The highest BCUT2D eigenvalue weighted by Crippen LogP contribution is 2.39. The van der Waals surface area contributed by atoms with E-state index in [4.69, 9.17) is 0 Å². The van der Waals surface area contributed by atoms with Crippen LogP contribution in [0.2, 0.25) is 0 Å². The van der Waals surface area contributed by atoms with Crippen LogP contribution >= 0.6 is 0 Å². The number of allylic oxidation sites excluding steroid dienone is 2. The molecule has 6 heteroatoms. The Bertz CT molecular complexity index is 626. The molecule has 2 unspecified atom stereocenters. The predicted octanol–water partition coefficient (Wildman–Crippen LogP) is 2.36. The second-order valence-electron chi connectivity index (χ2n) is 5.91. The zero-order chi connectivity index (χ0) is 15.7. The smallest absolute Gasteiger partial charge is 0.293 e. The van der Waals surface area contributed by atoms with Crippen molar-refractivity contribution in [1.82, 2.24) is 5.32 Å². The lowest BCUT2D eigenvalue weighted by atomic mass is 9.86. The molecule has 1 saturated heterocycles. The summed E-state index contributed by atoms with van der Waals surface area (Å²) >= 11 is 0. The summed E-state index contributed by atoms with van der Waals surface area (Å²) in [5.74, 6) is 0.834. The van der Waals surface area contributed by atoms with E-state index < -0.39 is 4.92 Å². The van der Waals surface area contributed by atoms with E-state index >= 15 is 0 Å². The minimum Gasteiger partial charge on any atom is -0.365 e. The zero-order valence-electron chi connectivity index (χ0n) is 12.5. The number of hydrogen-bond donors (Lipinski definition) is 1. The number of rotatable bonds is 3. The number of nitrogens with zero attached hydrogens (tertiary/aromatic N) is 2. The van der Waals surface area contributed by atoms with Gasteiger partial charge in [-0.15, -0.1) is 0 Å². The Morgan fingerprint density at radius 1 is 1.27 bits per heavy atom. The fourth-order valence-corrected chi connectivity index (χ4v) is 3.43. The summed E-state index contributed by atoms with van der Waals surface area (Å²) in [7, 11) is 1.51. The molecule has 0 saturated carbocycles. The lowest BCUT2D eigenvalue weighted by Gasteiger charge is -2.18. The molecule has 1 aromatic carbocycles. The van der Waals surface area contributed by atoms with Crippen LogP contribution in [-0.4, -0.2) is 31.0 Å². The van der Waals surface area contributed by atoms with Crippen LogP contribution in [0.3, 0.4) is 0 Å². The van der Waals surface area contributed by atoms with Crippen molar-refractivity contribution < 1.29 is 9.72 Å². The molecule has 1 aliphatic carbocycles. The minimum atomic E-state index is -0.401. The first-order valence-corrected chi connectivity index (χ1v) is 7.50. The van der Waals surface area contributed by atoms with Crippen LogP contribution in [0.25, 0.3) is 0 Å². The molecule has 6 nitrogen and oxygen atoms in total. The van der Waals surface area contributed by atoms with Crippen LogP contribution < -0.4 is 10.2 Å². The summed E-state index contributed by atoms with van der Waals surface area (Å²) in [4.78, 5) is 24.8. The van der Waals surface area contributed by atoms with E-state index in [1.54, 1.807) is 12.1 Å². The van der Waals surface area contributed by atoms with Crippen molar-refractivity contribution in [1.29, 1.82) is 0 Å². The molecule has 3 rings (SSSR count). The Hall–Kier alpha value is -2.37. The third-order valence-corrected chi connectivity index (χ3v) is 4.62. The average Bonchev–Trinajstić information content (AvgIpc) is 2.97. The van der Waals surface area contributed by atoms with Crippen LogP contribution in [0.1, 0.15) is 23.2 Å². The normalized spacial score (nSPS) is 23.2. The standard InChI is InChI=1S/C16H19N3O3/c1-17-16(20)11-6-7-14(15(8-11)19(21)22)18-9-12-4-2-3-5-13(12)10-18/h2-3,6-8,12-13H,4-5,9-10H2,1H3,(H,17,20). The van der Waals surface area contributed by atoms with Crippen molar-refractivity contribution in [2.45, 2.75) is 12.8 Å². The van der Waals surface area contributed by atoms with E-state index in [1.165, 1.54) is 13.1 Å². The fraction of sp³-hybridized carbons (Fsp3) is 0.438. The van der Waals surface area contributed by atoms with Crippen molar-refractivity contribution in [3.63, 3.8) is 0 Å². The Morgan fingerprint density at radius 2 is 1.91 bits per heavy atom. The largest absolute Gasteiger partial charge is 0.365 e. The third-order valence-electron chi connectivity index (χ3n) is 4.62. The Labute approximate surface area is 129 Å².